The molecule has 0 saturated heterocycles. The van der Waals surface area contributed by atoms with Crippen LogP contribution >= 0.6 is 0 Å². The van der Waals surface area contributed by atoms with Crippen LogP contribution in [-0.2, 0) is 6.42 Å². The minimum Gasteiger partial charge on any atom is -0.339 e. The van der Waals surface area contributed by atoms with Crippen molar-refractivity contribution in [1.29, 1.82) is 0 Å². The van der Waals surface area contributed by atoms with Crippen LogP contribution in [0.25, 0.3) is 11.4 Å². The van der Waals surface area contributed by atoms with Gasteiger partial charge in [0.1, 0.15) is 0 Å². The molecule has 1 N–H and O–H groups in total. The van der Waals surface area contributed by atoms with Crippen molar-refractivity contribution in [3.05, 3.63) is 40.3 Å². The van der Waals surface area contributed by atoms with E-state index in [0.29, 0.717) is 23.7 Å². The Morgan fingerprint density at radius 2 is 2.11 bits per heavy atom. The van der Waals surface area contributed by atoms with E-state index < -0.39 is 4.92 Å². The summed E-state index contributed by atoms with van der Waals surface area (Å²) in [4.78, 5) is 14.3. The van der Waals surface area contributed by atoms with Crippen molar-refractivity contribution < 1.29 is 9.45 Å². The molecule has 0 radical (unpaired) electrons. The summed E-state index contributed by atoms with van der Waals surface area (Å²) < 4.78 is 5.11. The lowest BCUT2D eigenvalue weighted by molar-refractivity contribution is -0.384. The van der Waals surface area contributed by atoms with Crippen molar-refractivity contribution in [2.75, 3.05) is 13.1 Å². The second-order valence-corrected chi connectivity index (χ2v) is 3.92. The Hall–Kier alpha value is -2.28. The number of benzene rings is 1. The Morgan fingerprint density at radius 3 is 2.74 bits per heavy atom. The van der Waals surface area contributed by atoms with Crippen LogP contribution < -0.4 is 5.32 Å². The molecule has 0 fully saturated rings. The summed E-state index contributed by atoms with van der Waals surface area (Å²) in [6.45, 7) is 3.69. The second kappa shape index (κ2) is 6.05. The van der Waals surface area contributed by atoms with E-state index in [9.17, 15) is 10.1 Å². The number of nitro benzene ring substituents is 1. The van der Waals surface area contributed by atoms with E-state index in [-0.39, 0.29) is 5.69 Å². The Balaban J connectivity index is 2.07. The molecule has 0 aliphatic heterocycles. The summed E-state index contributed by atoms with van der Waals surface area (Å²) in [5.74, 6) is 0.996. The minimum absolute atomic E-state index is 0.0413. The molecule has 1 aromatic carbocycles. The van der Waals surface area contributed by atoms with Gasteiger partial charge in [0, 0.05) is 30.7 Å². The molecule has 1 heterocycles. The number of rotatable bonds is 6. The normalized spacial score (nSPS) is 10.6. The van der Waals surface area contributed by atoms with E-state index in [4.69, 9.17) is 4.52 Å². The average Bonchev–Trinajstić information content (AvgIpc) is 2.88. The summed E-state index contributed by atoms with van der Waals surface area (Å²) in [5, 5.41) is 17.6. The standard InChI is InChI=1S/C12H14N4O3/c1-2-13-8-7-11-14-12(15-19-11)9-3-5-10(6-4-9)16(17)18/h3-6,13H,2,7-8H2,1H3. The van der Waals surface area contributed by atoms with Gasteiger partial charge in [0.25, 0.3) is 5.69 Å². The van der Waals surface area contributed by atoms with Crippen LogP contribution in [0.2, 0.25) is 0 Å². The molecule has 0 aliphatic rings. The highest BCUT2D eigenvalue weighted by atomic mass is 16.6. The van der Waals surface area contributed by atoms with Gasteiger partial charge in [-0.15, -0.1) is 0 Å². The van der Waals surface area contributed by atoms with Gasteiger partial charge in [-0.1, -0.05) is 12.1 Å². The van der Waals surface area contributed by atoms with E-state index in [1.54, 1.807) is 12.1 Å². The van der Waals surface area contributed by atoms with Crippen LogP contribution in [-0.4, -0.2) is 28.2 Å². The third-order valence-corrected chi connectivity index (χ3v) is 2.57. The van der Waals surface area contributed by atoms with Gasteiger partial charge in [-0.2, -0.15) is 4.98 Å². The Morgan fingerprint density at radius 1 is 1.37 bits per heavy atom. The first kappa shape index (κ1) is 13.2. The maximum atomic E-state index is 10.5. The summed E-state index contributed by atoms with van der Waals surface area (Å²) in [6.07, 6.45) is 0.661. The number of likely N-dealkylation sites (N-methyl/N-ethyl adjacent to an activating group) is 1. The fourth-order valence-electron chi connectivity index (χ4n) is 1.58. The van der Waals surface area contributed by atoms with Crippen LogP contribution in [0.3, 0.4) is 0 Å². The zero-order chi connectivity index (χ0) is 13.7. The van der Waals surface area contributed by atoms with Crippen LogP contribution in [0.5, 0.6) is 0 Å². The molecular formula is C12H14N4O3. The van der Waals surface area contributed by atoms with Crippen LogP contribution in [0.1, 0.15) is 12.8 Å². The molecule has 7 heteroatoms. The van der Waals surface area contributed by atoms with Crippen molar-refractivity contribution in [1.82, 2.24) is 15.5 Å². The number of nitrogens with zero attached hydrogens (tertiary/aromatic N) is 3. The Labute approximate surface area is 109 Å². The molecule has 0 saturated carbocycles. The molecule has 0 unspecified atom stereocenters. The molecular weight excluding hydrogens is 248 g/mol. The SMILES string of the molecule is CCNCCc1nc(-c2ccc([N+](=O)[O-])cc2)no1. The van der Waals surface area contributed by atoms with Crippen molar-refractivity contribution in [3.63, 3.8) is 0 Å². The molecule has 100 valence electrons. The van der Waals surface area contributed by atoms with Gasteiger partial charge >= 0.3 is 0 Å². The minimum atomic E-state index is -0.443. The summed E-state index contributed by atoms with van der Waals surface area (Å²) in [5.41, 5.74) is 0.740. The Bertz CT molecular complexity index is 550. The van der Waals surface area contributed by atoms with Gasteiger partial charge in [-0.05, 0) is 18.7 Å². The summed E-state index contributed by atoms with van der Waals surface area (Å²) >= 11 is 0. The van der Waals surface area contributed by atoms with E-state index in [2.05, 4.69) is 15.5 Å². The van der Waals surface area contributed by atoms with Gasteiger partial charge in [-0.3, -0.25) is 10.1 Å². The third kappa shape index (κ3) is 3.35. The predicted molar refractivity (Wildman–Crippen MR) is 68.6 cm³/mol. The van der Waals surface area contributed by atoms with E-state index in [1.807, 2.05) is 6.92 Å². The quantitative estimate of drug-likeness (QED) is 0.484. The molecule has 0 atom stereocenters. The van der Waals surface area contributed by atoms with Gasteiger partial charge < -0.3 is 9.84 Å². The van der Waals surface area contributed by atoms with E-state index in [1.165, 1.54) is 12.1 Å². The molecule has 0 bridgehead atoms. The smallest absolute Gasteiger partial charge is 0.269 e. The molecule has 0 amide bonds. The van der Waals surface area contributed by atoms with E-state index >= 15 is 0 Å². The first-order chi connectivity index (χ1) is 9.20. The lowest BCUT2D eigenvalue weighted by Gasteiger charge is -1.95. The van der Waals surface area contributed by atoms with Crippen LogP contribution in [0, 0.1) is 10.1 Å². The van der Waals surface area contributed by atoms with Crippen LogP contribution in [0.4, 0.5) is 5.69 Å². The van der Waals surface area contributed by atoms with Crippen molar-refractivity contribution >= 4 is 5.69 Å². The third-order valence-electron chi connectivity index (χ3n) is 2.57. The average molecular weight is 262 g/mol. The number of non-ortho nitro benzene ring substituents is 1. The molecule has 1 aromatic heterocycles. The molecule has 7 nitrogen and oxygen atoms in total. The highest BCUT2D eigenvalue weighted by Crippen LogP contribution is 2.19. The van der Waals surface area contributed by atoms with Crippen molar-refractivity contribution in [2.24, 2.45) is 0 Å². The van der Waals surface area contributed by atoms with Crippen molar-refractivity contribution in [3.8, 4) is 11.4 Å². The van der Waals surface area contributed by atoms with Gasteiger partial charge in [0.15, 0.2) is 0 Å². The predicted octanol–water partition coefficient (Wildman–Crippen LogP) is 1.80. The first-order valence-electron chi connectivity index (χ1n) is 5.99. The van der Waals surface area contributed by atoms with E-state index in [0.717, 1.165) is 13.1 Å². The lowest BCUT2D eigenvalue weighted by Crippen LogP contribution is -2.16. The van der Waals surface area contributed by atoms with Crippen LogP contribution in [0.15, 0.2) is 28.8 Å². The lowest BCUT2D eigenvalue weighted by atomic mass is 10.2. The highest BCUT2D eigenvalue weighted by molar-refractivity contribution is 5.56. The maximum absolute atomic E-state index is 10.5. The molecule has 0 aliphatic carbocycles. The van der Waals surface area contributed by atoms with Gasteiger partial charge in [0.05, 0.1) is 4.92 Å². The largest absolute Gasteiger partial charge is 0.339 e. The topological polar surface area (TPSA) is 94.1 Å². The zero-order valence-corrected chi connectivity index (χ0v) is 10.5. The fraction of sp³-hybridized carbons (Fsp3) is 0.333. The number of hydrogen-bond acceptors (Lipinski definition) is 6. The first-order valence-corrected chi connectivity index (χ1v) is 5.99. The van der Waals surface area contributed by atoms with Crippen molar-refractivity contribution in [2.45, 2.75) is 13.3 Å². The molecule has 19 heavy (non-hydrogen) atoms. The zero-order valence-electron chi connectivity index (χ0n) is 10.5. The monoisotopic (exact) mass is 262 g/mol. The summed E-state index contributed by atoms with van der Waals surface area (Å²) in [7, 11) is 0. The molecule has 2 aromatic rings. The second-order valence-electron chi connectivity index (χ2n) is 3.92. The number of nitro groups is 1. The Kier molecular flexibility index (Phi) is 4.19. The fourth-order valence-corrected chi connectivity index (χ4v) is 1.58. The molecule has 0 spiro atoms. The number of aromatic nitrogens is 2. The maximum Gasteiger partial charge on any atom is 0.269 e. The highest BCUT2D eigenvalue weighted by Gasteiger charge is 2.10. The number of hydrogen-bond donors (Lipinski definition) is 1. The van der Waals surface area contributed by atoms with Gasteiger partial charge in [-0.25, -0.2) is 0 Å². The number of nitrogens with one attached hydrogen (secondary N) is 1. The summed E-state index contributed by atoms with van der Waals surface area (Å²) in [6, 6.07) is 6.06. The molecule has 2 rings (SSSR count). The van der Waals surface area contributed by atoms with Gasteiger partial charge in [0.2, 0.25) is 11.7 Å².